The van der Waals surface area contributed by atoms with Gasteiger partial charge in [0.2, 0.25) is 5.84 Å². The van der Waals surface area contributed by atoms with E-state index in [0.717, 1.165) is 22.6 Å². The van der Waals surface area contributed by atoms with Crippen LogP contribution in [0.25, 0.3) is 11.1 Å². The van der Waals surface area contributed by atoms with Gasteiger partial charge in [-0.15, -0.1) is 0 Å². The van der Waals surface area contributed by atoms with E-state index in [0.29, 0.717) is 10.0 Å². The van der Waals surface area contributed by atoms with Gasteiger partial charge in [0.15, 0.2) is 5.69 Å². The van der Waals surface area contributed by atoms with E-state index in [4.69, 9.17) is 10.7 Å². The minimum absolute atomic E-state index is 0.221. The molecule has 2 aromatic carbocycles. The number of carbonyl (C=O) groups excluding carboxylic acids is 1. The van der Waals surface area contributed by atoms with Crippen molar-refractivity contribution >= 4 is 17.4 Å². The van der Waals surface area contributed by atoms with Gasteiger partial charge < -0.3 is 5.73 Å². The SMILES string of the molecule is CC(C)(C)C1=NC=C[N+]1(c1ccc(-c2ccc(F)cc2)cc1C(N)=O)C(C)(C)C. The third kappa shape index (κ3) is 3.51. The Labute approximate surface area is 172 Å². The molecule has 1 atom stereocenters. The highest BCUT2D eigenvalue weighted by Crippen LogP contribution is 2.44. The lowest BCUT2D eigenvalue weighted by atomic mass is 9.86. The van der Waals surface area contributed by atoms with Gasteiger partial charge in [-0.1, -0.05) is 12.1 Å². The molecule has 1 amide bonds. The molecule has 0 aromatic heterocycles. The van der Waals surface area contributed by atoms with Gasteiger partial charge in [0.05, 0.1) is 11.6 Å². The molecule has 0 bridgehead atoms. The molecule has 1 aliphatic heterocycles. The first kappa shape index (κ1) is 20.9. The second kappa shape index (κ2) is 6.92. The largest absolute Gasteiger partial charge is 0.365 e. The molecule has 29 heavy (non-hydrogen) atoms. The van der Waals surface area contributed by atoms with E-state index in [9.17, 15) is 9.18 Å². The molecular formula is C24H29FN3O+. The number of hydrogen-bond acceptors (Lipinski definition) is 2. The third-order valence-electron chi connectivity index (χ3n) is 5.37. The fourth-order valence-corrected chi connectivity index (χ4v) is 4.05. The van der Waals surface area contributed by atoms with Gasteiger partial charge >= 0.3 is 0 Å². The van der Waals surface area contributed by atoms with E-state index in [1.165, 1.54) is 12.1 Å². The fourth-order valence-electron chi connectivity index (χ4n) is 4.05. The molecule has 5 heteroatoms. The Morgan fingerprint density at radius 3 is 2.07 bits per heavy atom. The zero-order valence-corrected chi connectivity index (χ0v) is 18.0. The number of carbonyl (C=O) groups is 1. The summed E-state index contributed by atoms with van der Waals surface area (Å²) in [5, 5.41) is 0. The summed E-state index contributed by atoms with van der Waals surface area (Å²) in [5.41, 5.74) is 8.17. The number of amidine groups is 1. The zero-order chi connectivity index (χ0) is 21.6. The van der Waals surface area contributed by atoms with Crippen LogP contribution in [0.2, 0.25) is 0 Å². The molecule has 3 rings (SSSR count). The highest BCUT2D eigenvalue weighted by atomic mass is 19.1. The van der Waals surface area contributed by atoms with Crippen molar-refractivity contribution in [3.63, 3.8) is 0 Å². The molecule has 2 aromatic rings. The fraction of sp³-hybridized carbons (Fsp3) is 0.333. The van der Waals surface area contributed by atoms with Crippen LogP contribution < -0.4 is 10.2 Å². The third-order valence-corrected chi connectivity index (χ3v) is 5.37. The summed E-state index contributed by atoms with van der Waals surface area (Å²) in [6.45, 7) is 12.7. The lowest BCUT2D eigenvalue weighted by Gasteiger charge is -2.46. The van der Waals surface area contributed by atoms with Crippen molar-refractivity contribution in [2.75, 3.05) is 0 Å². The van der Waals surface area contributed by atoms with Crippen molar-refractivity contribution in [2.45, 2.75) is 47.1 Å². The van der Waals surface area contributed by atoms with Crippen molar-refractivity contribution in [3.8, 4) is 11.1 Å². The summed E-state index contributed by atoms with van der Waals surface area (Å²) >= 11 is 0. The second-order valence-electron chi connectivity index (χ2n) is 9.50. The number of quaternary nitrogens is 1. The molecule has 1 unspecified atom stereocenters. The van der Waals surface area contributed by atoms with Crippen molar-refractivity contribution in [1.29, 1.82) is 0 Å². The summed E-state index contributed by atoms with van der Waals surface area (Å²) < 4.78 is 13.6. The van der Waals surface area contributed by atoms with Crippen LogP contribution in [0.5, 0.6) is 0 Å². The van der Waals surface area contributed by atoms with E-state index in [1.54, 1.807) is 18.2 Å². The summed E-state index contributed by atoms with van der Waals surface area (Å²) in [6.07, 6.45) is 3.84. The molecule has 0 saturated heterocycles. The maximum absolute atomic E-state index is 13.3. The Morgan fingerprint density at radius 2 is 1.55 bits per heavy atom. The zero-order valence-electron chi connectivity index (χ0n) is 18.0. The summed E-state index contributed by atoms with van der Waals surface area (Å²) in [5.74, 6) is 0.146. The van der Waals surface area contributed by atoms with Crippen LogP contribution in [0.4, 0.5) is 10.1 Å². The van der Waals surface area contributed by atoms with Crippen LogP contribution >= 0.6 is 0 Å². The van der Waals surface area contributed by atoms with Gasteiger partial charge in [-0.25, -0.2) is 13.9 Å². The molecule has 1 heterocycles. The van der Waals surface area contributed by atoms with Gasteiger partial charge in [0.25, 0.3) is 5.91 Å². The highest BCUT2D eigenvalue weighted by Gasteiger charge is 2.53. The van der Waals surface area contributed by atoms with Gasteiger partial charge in [-0.05, 0) is 76.9 Å². The number of halogens is 1. The first-order chi connectivity index (χ1) is 13.4. The molecule has 0 aliphatic carbocycles. The number of primary amides is 1. The molecule has 4 nitrogen and oxygen atoms in total. The molecule has 2 N–H and O–H groups in total. The second-order valence-corrected chi connectivity index (χ2v) is 9.50. The normalized spacial score (nSPS) is 19.3. The number of hydrogen-bond donors (Lipinski definition) is 1. The number of amides is 1. The molecule has 1 aliphatic rings. The average molecular weight is 395 g/mol. The maximum Gasteiger partial charge on any atom is 0.254 e. The van der Waals surface area contributed by atoms with E-state index in [-0.39, 0.29) is 16.8 Å². The van der Waals surface area contributed by atoms with Crippen molar-refractivity contribution in [2.24, 2.45) is 16.1 Å². The Hall–Kier alpha value is -2.79. The Bertz CT molecular complexity index is 1010. The Kier molecular flexibility index (Phi) is 4.99. The quantitative estimate of drug-likeness (QED) is 0.674. The van der Waals surface area contributed by atoms with Crippen molar-refractivity contribution < 1.29 is 9.18 Å². The minimum Gasteiger partial charge on any atom is -0.365 e. The first-order valence-corrected chi connectivity index (χ1v) is 9.74. The number of nitrogens with zero attached hydrogens (tertiary/aromatic N) is 2. The lowest BCUT2D eigenvalue weighted by molar-refractivity contribution is 0.0998. The van der Waals surface area contributed by atoms with E-state index in [1.807, 2.05) is 24.5 Å². The van der Waals surface area contributed by atoms with Gasteiger partial charge in [-0.2, -0.15) is 0 Å². The Morgan fingerprint density at radius 1 is 0.966 bits per heavy atom. The highest BCUT2D eigenvalue weighted by molar-refractivity contribution is 6.07. The predicted molar refractivity (Wildman–Crippen MR) is 118 cm³/mol. The summed E-state index contributed by atoms with van der Waals surface area (Å²) in [6, 6.07) is 11.9. The Balaban J connectivity index is 2.28. The van der Waals surface area contributed by atoms with E-state index in [2.05, 4.69) is 41.5 Å². The van der Waals surface area contributed by atoms with E-state index >= 15 is 0 Å². The number of aliphatic imine (C=N–C) groups is 1. The molecule has 0 radical (unpaired) electrons. The maximum atomic E-state index is 13.3. The van der Waals surface area contributed by atoms with Crippen molar-refractivity contribution in [3.05, 3.63) is 66.2 Å². The van der Waals surface area contributed by atoms with Crippen LogP contribution in [0.1, 0.15) is 51.9 Å². The molecule has 0 spiro atoms. The minimum atomic E-state index is -0.501. The van der Waals surface area contributed by atoms with Crippen molar-refractivity contribution in [1.82, 2.24) is 4.48 Å². The monoisotopic (exact) mass is 394 g/mol. The molecular weight excluding hydrogens is 365 g/mol. The first-order valence-electron chi connectivity index (χ1n) is 9.74. The standard InChI is InChI=1S/C24H28FN3O/c1-23(2,3)22-27-13-14-28(22,24(4,5)6)20-12-9-17(15-19(20)21(26)29)16-7-10-18(25)11-8-16/h7-15H,1-6H3,(H-,26,29)/p+1. The number of benzene rings is 2. The van der Waals surface area contributed by atoms with E-state index < -0.39 is 5.91 Å². The topological polar surface area (TPSA) is 55.4 Å². The number of nitrogens with two attached hydrogens (primary N) is 1. The van der Waals surface area contributed by atoms with Crippen LogP contribution in [-0.4, -0.2) is 17.3 Å². The van der Waals surface area contributed by atoms with Crippen LogP contribution in [-0.2, 0) is 0 Å². The molecule has 0 fully saturated rings. The van der Waals surface area contributed by atoms with Gasteiger partial charge in [0, 0.05) is 6.07 Å². The number of rotatable bonds is 3. The van der Waals surface area contributed by atoms with Gasteiger partial charge in [-0.3, -0.25) is 4.79 Å². The van der Waals surface area contributed by atoms with Crippen LogP contribution in [0, 0.1) is 11.2 Å². The predicted octanol–water partition coefficient (Wildman–Crippen LogP) is 5.63. The summed E-state index contributed by atoms with van der Waals surface area (Å²) in [7, 11) is 0. The van der Waals surface area contributed by atoms with Crippen LogP contribution in [0.3, 0.4) is 0 Å². The smallest absolute Gasteiger partial charge is 0.254 e. The van der Waals surface area contributed by atoms with Crippen LogP contribution in [0.15, 0.2) is 59.9 Å². The molecule has 152 valence electrons. The summed E-state index contributed by atoms with van der Waals surface area (Å²) in [4.78, 5) is 17.2. The molecule has 0 saturated carbocycles. The van der Waals surface area contributed by atoms with Gasteiger partial charge in [0.1, 0.15) is 23.1 Å². The average Bonchev–Trinajstić information content (AvgIpc) is 3.08. The lowest BCUT2D eigenvalue weighted by Crippen LogP contribution is -2.64.